The summed E-state index contributed by atoms with van der Waals surface area (Å²) in [5.41, 5.74) is 8.10. The Labute approximate surface area is 144 Å². The monoisotopic (exact) mass is 337 g/mol. The minimum atomic E-state index is -0.000457. The van der Waals surface area contributed by atoms with Crippen LogP contribution >= 0.6 is 11.6 Å². The average molecular weight is 338 g/mol. The molecule has 120 valence electrons. The Morgan fingerprint density at radius 3 is 2.71 bits per heavy atom. The third-order valence-electron chi connectivity index (χ3n) is 4.28. The van der Waals surface area contributed by atoms with E-state index in [1.54, 1.807) is 12.1 Å². The molecule has 1 aliphatic heterocycles. The van der Waals surface area contributed by atoms with Gasteiger partial charge in [-0.1, -0.05) is 23.7 Å². The first-order valence-electron chi connectivity index (χ1n) is 7.78. The molecule has 5 heteroatoms. The SMILES string of the molecule is Cc1ccc2cc(C3CC(c4ccc(O)cc4)=NN3)c(Cl)nc2c1. The zero-order chi connectivity index (χ0) is 16.7. The lowest BCUT2D eigenvalue weighted by atomic mass is 9.99. The van der Waals surface area contributed by atoms with Gasteiger partial charge in [-0.25, -0.2) is 4.98 Å². The molecule has 1 aromatic heterocycles. The third-order valence-corrected chi connectivity index (χ3v) is 4.59. The Bertz CT molecular complexity index is 951. The van der Waals surface area contributed by atoms with Crippen molar-refractivity contribution in [1.82, 2.24) is 10.4 Å². The number of phenols is 1. The van der Waals surface area contributed by atoms with E-state index in [1.807, 2.05) is 25.1 Å². The zero-order valence-electron chi connectivity index (χ0n) is 13.1. The first-order chi connectivity index (χ1) is 11.6. The van der Waals surface area contributed by atoms with Crippen LogP contribution in [-0.2, 0) is 0 Å². The van der Waals surface area contributed by atoms with Gasteiger partial charge in [0.2, 0.25) is 0 Å². The summed E-state index contributed by atoms with van der Waals surface area (Å²) in [7, 11) is 0. The number of halogens is 1. The number of nitrogens with one attached hydrogen (secondary N) is 1. The van der Waals surface area contributed by atoms with Gasteiger partial charge in [0.1, 0.15) is 10.9 Å². The highest BCUT2D eigenvalue weighted by molar-refractivity contribution is 6.30. The van der Waals surface area contributed by atoms with Gasteiger partial charge < -0.3 is 10.5 Å². The molecule has 0 bridgehead atoms. The van der Waals surface area contributed by atoms with Gasteiger partial charge >= 0.3 is 0 Å². The standard InChI is InChI=1S/C19H16ClN3O/c1-11-2-3-13-9-15(19(20)21-16(13)8-11)18-10-17(22-23-18)12-4-6-14(24)7-5-12/h2-9,18,23-24H,10H2,1H3. The van der Waals surface area contributed by atoms with Crippen LogP contribution in [0.3, 0.4) is 0 Å². The Morgan fingerprint density at radius 2 is 1.92 bits per heavy atom. The summed E-state index contributed by atoms with van der Waals surface area (Å²) in [5.74, 6) is 0.249. The maximum Gasteiger partial charge on any atom is 0.135 e. The molecule has 0 radical (unpaired) electrons. The van der Waals surface area contributed by atoms with Crippen LogP contribution in [0, 0.1) is 6.92 Å². The summed E-state index contributed by atoms with van der Waals surface area (Å²) < 4.78 is 0. The van der Waals surface area contributed by atoms with E-state index in [0.717, 1.165) is 39.7 Å². The van der Waals surface area contributed by atoms with Gasteiger partial charge in [-0.05, 0) is 54.4 Å². The van der Waals surface area contributed by atoms with Crippen molar-refractivity contribution < 1.29 is 5.11 Å². The highest BCUT2D eigenvalue weighted by atomic mass is 35.5. The van der Waals surface area contributed by atoms with Gasteiger partial charge in [-0.2, -0.15) is 5.10 Å². The summed E-state index contributed by atoms with van der Waals surface area (Å²) >= 11 is 6.42. The van der Waals surface area contributed by atoms with Crippen LogP contribution in [0.4, 0.5) is 0 Å². The van der Waals surface area contributed by atoms with E-state index in [2.05, 4.69) is 33.7 Å². The summed E-state index contributed by atoms with van der Waals surface area (Å²) in [6.45, 7) is 2.04. The number of hydrogen-bond donors (Lipinski definition) is 2. The Hall–Kier alpha value is -2.59. The highest BCUT2D eigenvalue weighted by Gasteiger charge is 2.24. The number of pyridine rings is 1. The van der Waals surface area contributed by atoms with E-state index >= 15 is 0 Å². The minimum absolute atomic E-state index is 0.000457. The van der Waals surface area contributed by atoms with E-state index in [-0.39, 0.29) is 11.8 Å². The second kappa shape index (κ2) is 5.80. The lowest BCUT2D eigenvalue weighted by Gasteiger charge is -2.13. The number of nitrogens with zero attached hydrogens (tertiary/aromatic N) is 2. The highest BCUT2D eigenvalue weighted by Crippen LogP contribution is 2.31. The zero-order valence-corrected chi connectivity index (χ0v) is 13.9. The van der Waals surface area contributed by atoms with E-state index in [1.165, 1.54) is 0 Å². The van der Waals surface area contributed by atoms with E-state index in [4.69, 9.17) is 11.6 Å². The number of phenolic OH excluding ortho intramolecular Hbond substituents is 1. The normalized spacial score (nSPS) is 16.9. The van der Waals surface area contributed by atoms with Gasteiger partial charge in [0, 0.05) is 17.4 Å². The van der Waals surface area contributed by atoms with Gasteiger partial charge in [0.05, 0.1) is 17.3 Å². The first kappa shape index (κ1) is 15.0. The molecule has 1 atom stereocenters. The molecule has 4 rings (SSSR count). The number of aromatic hydroxyl groups is 1. The largest absolute Gasteiger partial charge is 0.508 e. The van der Waals surface area contributed by atoms with Crippen molar-refractivity contribution in [3.05, 3.63) is 70.4 Å². The van der Waals surface area contributed by atoms with E-state index in [0.29, 0.717) is 5.15 Å². The molecule has 4 nitrogen and oxygen atoms in total. The van der Waals surface area contributed by atoms with Crippen LogP contribution in [0.2, 0.25) is 5.15 Å². The molecule has 0 aliphatic carbocycles. The molecule has 0 saturated heterocycles. The molecule has 0 spiro atoms. The summed E-state index contributed by atoms with van der Waals surface area (Å²) in [6, 6.07) is 15.3. The molecule has 2 N–H and O–H groups in total. The molecule has 1 unspecified atom stereocenters. The fourth-order valence-corrected chi connectivity index (χ4v) is 3.25. The molecular weight excluding hydrogens is 322 g/mol. The quantitative estimate of drug-likeness (QED) is 0.684. The van der Waals surface area contributed by atoms with Crippen LogP contribution in [0.5, 0.6) is 5.75 Å². The van der Waals surface area contributed by atoms with Crippen molar-refractivity contribution in [3.63, 3.8) is 0 Å². The van der Waals surface area contributed by atoms with Crippen LogP contribution in [0.15, 0.2) is 53.6 Å². The Morgan fingerprint density at radius 1 is 1.12 bits per heavy atom. The van der Waals surface area contributed by atoms with Crippen molar-refractivity contribution in [2.75, 3.05) is 0 Å². The molecule has 3 aromatic rings. The number of hydrogen-bond acceptors (Lipinski definition) is 4. The van der Waals surface area contributed by atoms with Crippen molar-refractivity contribution in [2.24, 2.45) is 5.10 Å². The van der Waals surface area contributed by atoms with Gasteiger partial charge in [-0.3, -0.25) is 0 Å². The molecule has 2 aromatic carbocycles. The van der Waals surface area contributed by atoms with E-state index < -0.39 is 0 Å². The molecule has 0 amide bonds. The van der Waals surface area contributed by atoms with Crippen molar-refractivity contribution >= 4 is 28.2 Å². The summed E-state index contributed by atoms with van der Waals surface area (Å²) in [5, 5.41) is 15.4. The molecule has 24 heavy (non-hydrogen) atoms. The van der Waals surface area contributed by atoms with Crippen LogP contribution in [0.1, 0.15) is 29.2 Å². The fourth-order valence-electron chi connectivity index (χ4n) is 2.97. The third kappa shape index (κ3) is 2.69. The first-order valence-corrected chi connectivity index (χ1v) is 8.16. The van der Waals surface area contributed by atoms with Gasteiger partial charge in [-0.15, -0.1) is 0 Å². The lowest BCUT2D eigenvalue weighted by molar-refractivity contribution is 0.475. The lowest BCUT2D eigenvalue weighted by Crippen LogP contribution is -2.11. The molecule has 1 aliphatic rings. The van der Waals surface area contributed by atoms with Crippen molar-refractivity contribution in [1.29, 1.82) is 0 Å². The van der Waals surface area contributed by atoms with Crippen LogP contribution in [-0.4, -0.2) is 15.8 Å². The minimum Gasteiger partial charge on any atom is -0.508 e. The molecule has 0 saturated carbocycles. The Kier molecular flexibility index (Phi) is 3.62. The number of fused-ring (bicyclic) bond motifs is 1. The molecule has 2 heterocycles. The number of aromatic nitrogens is 1. The van der Waals surface area contributed by atoms with Crippen LogP contribution < -0.4 is 5.43 Å². The van der Waals surface area contributed by atoms with Crippen LogP contribution in [0.25, 0.3) is 10.9 Å². The summed E-state index contributed by atoms with van der Waals surface area (Å²) in [4.78, 5) is 4.53. The van der Waals surface area contributed by atoms with Crippen molar-refractivity contribution in [2.45, 2.75) is 19.4 Å². The number of rotatable bonds is 2. The maximum atomic E-state index is 9.40. The number of hydrazone groups is 1. The second-order valence-corrected chi connectivity index (χ2v) is 6.41. The van der Waals surface area contributed by atoms with E-state index in [9.17, 15) is 5.11 Å². The fraction of sp³-hybridized carbons (Fsp3) is 0.158. The van der Waals surface area contributed by atoms with Crippen molar-refractivity contribution in [3.8, 4) is 5.75 Å². The number of aryl methyl sites for hydroxylation is 1. The predicted octanol–water partition coefficient (Wildman–Crippen LogP) is 4.34. The average Bonchev–Trinajstić information content (AvgIpc) is 3.04. The summed E-state index contributed by atoms with van der Waals surface area (Å²) in [6.07, 6.45) is 0.726. The topological polar surface area (TPSA) is 57.5 Å². The Balaban J connectivity index is 1.64. The smallest absolute Gasteiger partial charge is 0.135 e. The molecular formula is C19H16ClN3O. The van der Waals surface area contributed by atoms with Gasteiger partial charge in [0.25, 0.3) is 0 Å². The predicted molar refractivity (Wildman–Crippen MR) is 96.6 cm³/mol. The number of benzene rings is 2. The molecule has 0 fully saturated rings. The maximum absolute atomic E-state index is 9.40. The van der Waals surface area contributed by atoms with Gasteiger partial charge in [0.15, 0.2) is 0 Å². The second-order valence-electron chi connectivity index (χ2n) is 6.06.